The van der Waals surface area contributed by atoms with E-state index in [1.807, 2.05) is 11.9 Å². The number of pyridine rings is 2. The molecule has 0 radical (unpaired) electrons. The number of anilines is 1. The van der Waals surface area contributed by atoms with Gasteiger partial charge in [0.1, 0.15) is 5.69 Å². The minimum absolute atomic E-state index is 0.146. The van der Waals surface area contributed by atoms with Crippen LogP contribution in [-0.2, 0) is 7.05 Å². The van der Waals surface area contributed by atoms with Crippen molar-refractivity contribution in [2.45, 2.75) is 32.1 Å². The molecule has 0 saturated heterocycles. The zero-order chi connectivity index (χ0) is 15.7. The average Bonchev–Trinajstić information content (AvgIpc) is 2.52. The van der Waals surface area contributed by atoms with Crippen molar-refractivity contribution in [3.05, 3.63) is 34.5 Å². The van der Waals surface area contributed by atoms with Gasteiger partial charge in [-0.25, -0.2) is 4.39 Å². The summed E-state index contributed by atoms with van der Waals surface area (Å²) in [6, 6.07) is 3.13. The van der Waals surface area contributed by atoms with Crippen molar-refractivity contribution < 1.29 is 4.39 Å². The number of aromatic nitrogens is 2. The molecule has 2 aromatic heterocycles. The summed E-state index contributed by atoms with van der Waals surface area (Å²) >= 11 is 0. The predicted octanol–water partition coefficient (Wildman–Crippen LogP) is 3.09. The Morgan fingerprint density at radius 2 is 2.05 bits per heavy atom. The van der Waals surface area contributed by atoms with E-state index in [0.717, 1.165) is 6.54 Å². The number of hydrogen-bond donors (Lipinski definition) is 0. The molecule has 22 heavy (non-hydrogen) atoms. The standard InChI is InChI=1S/C17H22FN3O/c1-20(11-12-6-4-3-5-7-12)16-13(18)10-19-14-8-9-15(22)21(2)17(14)16/h8-10,12H,3-7,11H2,1-2H3. The van der Waals surface area contributed by atoms with Gasteiger partial charge in [-0.05, 0) is 24.8 Å². The van der Waals surface area contributed by atoms with Crippen molar-refractivity contribution in [2.24, 2.45) is 13.0 Å². The van der Waals surface area contributed by atoms with E-state index >= 15 is 0 Å². The van der Waals surface area contributed by atoms with Crippen LogP contribution in [0.2, 0.25) is 0 Å². The number of halogens is 1. The van der Waals surface area contributed by atoms with E-state index in [4.69, 9.17) is 0 Å². The van der Waals surface area contributed by atoms with E-state index in [2.05, 4.69) is 4.98 Å². The minimum Gasteiger partial charge on any atom is -0.370 e. The number of nitrogens with zero attached hydrogens (tertiary/aromatic N) is 3. The van der Waals surface area contributed by atoms with E-state index < -0.39 is 0 Å². The van der Waals surface area contributed by atoms with E-state index in [0.29, 0.717) is 22.6 Å². The summed E-state index contributed by atoms with van der Waals surface area (Å²) in [5.41, 5.74) is 1.56. The lowest BCUT2D eigenvalue weighted by Crippen LogP contribution is -2.29. The monoisotopic (exact) mass is 303 g/mol. The van der Waals surface area contributed by atoms with Gasteiger partial charge in [0.15, 0.2) is 5.82 Å². The van der Waals surface area contributed by atoms with Crippen LogP contribution < -0.4 is 10.5 Å². The van der Waals surface area contributed by atoms with Gasteiger partial charge in [0.25, 0.3) is 5.56 Å². The Morgan fingerprint density at radius 3 is 2.77 bits per heavy atom. The van der Waals surface area contributed by atoms with Crippen LogP contribution in [-0.4, -0.2) is 23.1 Å². The Labute approximate surface area is 129 Å². The van der Waals surface area contributed by atoms with Gasteiger partial charge in [-0.3, -0.25) is 9.78 Å². The summed E-state index contributed by atoms with van der Waals surface area (Å²) in [4.78, 5) is 18.0. The second-order valence-electron chi connectivity index (χ2n) is 6.30. The zero-order valence-electron chi connectivity index (χ0n) is 13.2. The van der Waals surface area contributed by atoms with Crippen LogP contribution in [0.15, 0.2) is 23.1 Å². The van der Waals surface area contributed by atoms with Crippen LogP contribution in [0.1, 0.15) is 32.1 Å². The lowest BCUT2D eigenvalue weighted by atomic mass is 9.89. The highest BCUT2D eigenvalue weighted by Gasteiger charge is 2.20. The molecule has 0 N–H and O–H groups in total. The highest BCUT2D eigenvalue weighted by Crippen LogP contribution is 2.30. The van der Waals surface area contributed by atoms with Gasteiger partial charge in [-0.1, -0.05) is 19.3 Å². The molecule has 0 bridgehead atoms. The second kappa shape index (κ2) is 6.07. The maximum Gasteiger partial charge on any atom is 0.250 e. The molecule has 3 rings (SSSR count). The first-order chi connectivity index (χ1) is 10.6. The van der Waals surface area contributed by atoms with Gasteiger partial charge >= 0.3 is 0 Å². The van der Waals surface area contributed by atoms with Gasteiger partial charge in [0, 0.05) is 26.7 Å². The van der Waals surface area contributed by atoms with Gasteiger partial charge in [-0.2, -0.15) is 0 Å². The smallest absolute Gasteiger partial charge is 0.250 e. The largest absolute Gasteiger partial charge is 0.370 e. The Bertz CT molecular complexity index is 734. The van der Waals surface area contributed by atoms with Crippen molar-refractivity contribution in [1.29, 1.82) is 0 Å². The fourth-order valence-electron chi connectivity index (χ4n) is 3.52. The van der Waals surface area contributed by atoms with Crippen molar-refractivity contribution in [3.63, 3.8) is 0 Å². The van der Waals surface area contributed by atoms with E-state index in [-0.39, 0.29) is 11.4 Å². The summed E-state index contributed by atoms with van der Waals surface area (Å²) in [6.07, 6.45) is 7.48. The first-order valence-corrected chi connectivity index (χ1v) is 7.93. The fourth-order valence-corrected chi connectivity index (χ4v) is 3.52. The average molecular weight is 303 g/mol. The summed E-state index contributed by atoms with van der Waals surface area (Å²) in [5.74, 6) is 0.231. The fraction of sp³-hybridized carbons (Fsp3) is 0.529. The van der Waals surface area contributed by atoms with E-state index in [9.17, 15) is 9.18 Å². The van der Waals surface area contributed by atoms with Crippen molar-refractivity contribution >= 4 is 16.7 Å². The number of fused-ring (bicyclic) bond motifs is 1. The molecule has 1 saturated carbocycles. The Hall–Kier alpha value is -1.91. The van der Waals surface area contributed by atoms with Gasteiger partial charge in [0.2, 0.25) is 0 Å². The number of hydrogen-bond acceptors (Lipinski definition) is 3. The third-order valence-corrected chi connectivity index (χ3v) is 4.70. The molecule has 0 aliphatic heterocycles. The minimum atomic E-state index is -0.369. The van der Waals surface area contributed by atoms with Crippen LogP contribution in [0.25, 0.3) is 11.0 Å². The molecular formula is C17H22FN3O. The van der Waals surface area contributed by atoms with Crippen molar-refractivity contribution in [1.82, 2.24) is 9.55 Å². The first-order valence-electron chi connectivity index (χ1n) is 7.93. The summed E-state index contributed by atoms with van der Waals surface area (Å²) < 4.78 is 15.9. The summed E-state index contributed by atoms with van der Waals surface area (Å²) in [5, 5.41) is 0. The molecular weight excluding hydrogens is 281 g/mol. The quantitative estimate of drug-likeness (QED) is 0.874. The Morgan fingerprint density at radius 1 is 1.32 bits per heavy atom. The molecule has 2 aromatic rings. The highest BCUT2D eigenvalue weighted by molar-refractivity contribution is 5.88. The molecule has 2 heterocycles. The second-order valence-corrected chi connectivity index (χ2v) is 6.30. The van der Waals surface area contributed by atoms with Crippen LogP contribution in [0.3, 0.4) is 0 Å². The lowest BCUT2D eigenvalue weighted by molar-refractivity contribution is 0.361. The molecule has 118 valence electrons. The Balaban J connectivity index is 2.02. The Kier molecular flexibility index (Phi) is 4.14. The van der Waals surface area contributed by atoms with Crippen molar-refractivity contribution in [2.75, 3.05) is 18.5 Å². The highest BCUT2D eigenvalue weighted by atomic mass is 19.1. The molecule has 1 fully saturated rings. The molecule has 0 unspecified atom stereocenters. The molecule has 5 heteroatoms. The van der Waals surface area contributed by atoms with Crippen LogP contribution >= 0.6 is 0 Å². The third kappa shape index (κ3) is 2.72. The van der Waals surface area contributed by atoms with Crippen molar-refractivity contribution in [3.8, 4) is 0 Å². The molecule has 0 atom stereocenters. The molecule has 0 amide bonds. The molecule has 0 aromatic carbocycles. The van der Waals surface area contributed by atoms with E-state index in [1.165, 1.54) is 48.9 Å². The number of rotatable bonds is 3. The summed E-state index contributed by atoms with van der Waals surface area (Å²) in [7, 11) is 3.58. The van der Waals surface area contributed by atoms with Gasteiger partial charge < -0.3 is 9.47 Å². The molecule has 4 nitrogen and oxygen atoms in total. The SMILES string of the molecule is CN(CC1CCCCC1)c1c(F)cnc2ccc(=O)n(C)c12. The third-order valence-electron chi connectivity index (χ3n) is 4.70. The normalized spacial score (nSPS) is 16.1. The maximum absolute atomic E-state index is 14.4. The maximum atomic E-state index is 14.4. The van der Waals surface area contributed by atoms with E-state index in [1.54, 1.807) is 13.1 Å². The van der Waals surface area contributed by atoms with Crippen LogP contribution in [0.4, 0.5) is 10.1 Å². The van der Waals surface area contributed by atoms with Gasteiger partial charge in [-0.15, -0.1) is 0 Å². The van der Waals surface area contributed by atoms with Gasteiger partial charge in [0.05, 0.1) is 17.2 Å². The predicted molar refractivity (Wildman–Crippen MR) is 86.8 cm³/mol. The molecule has 1 aliphatic rings. The molecule has 0 spiro atoms. The van der Waals surface area contributed by atoms with Crippen LogP contribution in [0.5, 0.6) is 0 Å². The summed E-state index contributed by atoms with van der Waals surface area (Å²) in [6.45, 7) is 0.819. The van der Waals surface area contributed by atoms with Crippen LogP contribution in [0, 0.1) is 11.7 Å². The molecule has 1 aliphatic carbocycles. The lowest BCUT2D eigenvalue weighted by Gasteiger charge is -2.29. The first kappa shape index (κ1) is 15.0. The number of aryl methyl sites for hydroxylation is 1. The topological polar surface area (TPSA) is 38.1 Å². The zero-order valence-corrected chi connectivity index (χ0v) is 13.2.